The van der Waals surface area contributed by atoms with Crippen LogP contribution in [0.1, 0.15) is 12.8 Å². The van der Waals surface area contributed by atoms with Gasteiger partial charge in [0.1, 0.15) is 8.56 Å². The van der Waals surface area contributed by atoms with E-state index in [1.54, 1.807) is 0 Å². The molecule has 0 aromatic heterocycles. The third-order valence-corrected chi connectivity index (χ3v) is 5.34. The molecule has 0 N–H and O–H groups in total. The van der Waals surface area contributed by atoms with E-state index in [1.165, 1.54) is 0 Å². The summed E-state index contributed by atoms with van der Waals surface area (Å²) in [5, 5.41) is 0.898. The van der Waals surface area contributed by atoms with Gasteiger partial charge >= 0.3 is 51.4 Å². The molecule has 1 aliphatic heterocycles. The molecule has 0 saturated carbocycles. The van der Waals surface area contributed by atoms with E-state index >= 15 is 0 Å². The fourth-order valence-corrected chi connectivity index (χ4v) is 4.18. The molecule has 2 rings (SSSR count). The predicted octanol–water partition coefficient (Wildman–Crippen LogP) is -2.49. The fourth-order valence-electron chi connectivity index (χ4n) is 1.69. The van der Waals surface area contributed by atoms with Gasteiger partial charge in [0.2, 0.25) is 0 Å². The number of rotatable bonds is 1. The number of hydrogen-bond donors (Lipinski definition) is 0. The van der Waals surface area contributed by atoms with Gasteiger partial charge in [-0.2, -0.15) is 0 Å². The first-order valence-corrected chi connectivity index (χ1v) is 6.73. The van der Waals surface area contributed by atoms with Gasteiger partial charge < -0.3 is 9.22 Å². The van der Waals surface area contributed by atoms with Gasteiger partial charge in [0, 0.05) is 6.61 Å². The maximum Gasteiger partial charge on any atom is 1.00 e. The first kappa shape index (κ1) is 13.1. The van der Waals surface area contributed by atoms with Gasteiger partial charge in [-0.1, -0.05) is 36.8 Å². The Kier molecular flexibility index (Phi) is 5.51. The molecule has 1 unspecified atom stereocenters. The maximum absolute atomic E-state index is 12.2. The van der Waals surface area contributed by atoms with Crippen LogP contribution in [0.15, 0.2) is 30.3 Å². The Bertz CT molecular complexity index is 273. The topological polar surface area (TPSA) is 32.3 Å². The molecule has 0 aliphatic carbocycles. The van der Waals surface area contributed by atoms with Crippen LogP contribution in [0.3, 0.4) is 0 Å². The van der Waals surface area contributed by atoms with E-state index in [9.17, 15) is 4.80 Å². The van der Waals surface area contributed by atoms with E-state index in [0.29, 0.717) is 6.61 Å². The molecule has 1 atom stereocenters. The molecule has 2 nitrogen and oxygen atoms in total. The summed E-state index contributed by atoms with van der Waals surface area (Å²) in [5.41, 5.74) is 0. The summed E-state index contributed by atoms with van der Waals surface area (Å²) in [6.07, 6.45) is 2.08. The van der Waals surface area contributed by atoms with Gasteiger partial charge in [0.05, 0.1) is 0 Å². The summed E-state index contributed by atoms with van der Waals surface area (Å²) in [6.45, 7) is 0.657. The van der Waals surface area contributed by atoms with Crippen molar-refractivity contribution < 1.29 is 60.6 Å². The summed E-state index contributed by atoms with van der Waals surface area (Å²) >= 11 is 0. The molecule has 0 amide bonds. The largest absolute Gasteiger partial charge is 1.00 e. The Morgan fingerprint density at radius 2 is 1.86 bits per heavy atom. The summed E-state index contributed by atoms with van der Waals surface area (Å²) in [6, 6.07) is 10.3. The van der Waals surface area contributed by atoms with Crippen molar-refractivity contribution in [3.8, 4) is 0 Å². The van der Waals surface area contributed by atoms with Crippen molar-refractivity contribution >= 4 is 13.7 Å². The minimum atomic E-state index is -2.76. The van der Waals surface area contributed by atoms with Crippen molar-refractivity contribution in [2.75, 3.05) is 6.61 Å². The SMILES string of the molecule is [K+].[O-][Si]1(c2ccccc2)CCCCO1. The average Bonchev–Trinajstić information content (AvgIpc) is 2.20. The Labute approximate surface area is 128 Å². The van der Waals surface area contributed by atoms with E-state index in [1.807, 2.05) is 30.3 Å². The summed E-state index contributed by atoms with van der Waals surface area (Å²) < 4.78 is 5.43. The van der Waals surface area contributed by atoms with Crippen molar-refractivity contribution in [2.45, 2.75) is 18.9 Å². The van der Waals surface area contributed by atoms with Crippen LogP contribution < -0.4 is 61.4 Å². The monoisotopic (exact) mass is 232 g/mol. The van der Waals surface area contributed by atoms with Crippen LogP contribution in [0.25, 0.3) is 0 Å². The normalized spacial score (nSPS) is 26.6. The minimum absolute atomic E-state index is 0. The predicted molar refractivity (Wildman–Crippen MR) is 51.8 cm³/mol. The second-order valence-electron chi connectivity index (χ2n) is 3.42. The van der Waals surface area contributed by atoms with E-state index in [-0.39, 0.29) is 51.4 Å². The molecule has 4 heteroatoms. The molecule has 1 fully saturated rings. The van der Waals surface area contributed by atoms with Crippen molar-refractivity contribution in [3.05, 3.63) is 30.3 Å². The molecular weight excluding hydrogens is 219 g/mol. The Balaban J connectivity index is 0.000000980. The number of hydrogen-bond acceptors (Lipinski definition) is 2. The van der Waals surface area contributed by atoms with E-state index < -0.39 is 8.56 Å². The van der Waals surface area contributed by atoms with Crippen LogP contribution in [0.5, 0.6) is 0 Å². The molecule has 1 heterocycles. The quantitative estimate of drug-likeness (QED) is 0.502. The third kappa shape index (κ3) is 2.99. The molecule has 1 aromatic rings. The Morgan fingerprint density at radius 1 is 1.14 bits per heavy atom. The Hall–Kier alpha value is 0.993. The van der Waals surface area contributed by atoms with Crippen LogP contribution in [-0.4, -0.2) is 15.2 Å². The zero-order valence-electron chi connectivity index (χ0n) is 8.53. The van der Waals surface area contributed by atoms with Crippen molar-refractivity contribution in [2.24, 2.45) is 0 Å². The summed E-state index contributed by atoms with van der Waals surface area (Å²) in [5.74, 6) is 0. The third-order valence-electron chi connectivity index (χ3n) is 2.45. The maximum atomic E-state index is 12.2. The molecule has 1 aliphatic rings. The second-order valence-corrected chi connectivity index (χ2v) is 6.30. The van der Waals surface area contributed by atoms with Crippen LogP contribution in [0.2, 0.25) is 6.04 Å². The van der Waals surface area contributed by atoms with Crippen molar-refractivity contribution in [1.82, 2.24) is 0 Å². The molecule has 70 valence electrons. The summed E-state index contributed by atoms with van der Waals surface area (Å²) in [7, 11) is -2.76. The number of benzene rings is 1. The fraction of sp³-hybridized carbons (Fsp3) is 0.400. The van der Waals surface area contributed by atoms with Crippen LogP contribution >= 0.6 is 0 Å². The first-order chi connectivity index (χ1) is 6.31. The van der Waals surface area contributed by atoms with Crippen LogP contribution in [0, 0.1) is 0 Å². The zero-order valence-corrected chi connectivity index (χ0v) is 12.7. The van der Waals surface area contributed by atoms with Gasteiger partial charge in [-0.25, -0.2) is 0 Å². The standard InChI is InChI=1S/C10H13O2Si.K/c11-13(9-5-4-8-12-13)10-6-2-1-3-7-10;/h1-3,6-7H,4-5,8-9H2;/q-1;+1. The molecule has 1 aromatic carbocycles. The van der Waals surface area contributed by atoms with E-state index in [4.69, 9.17) is 4.43 Å². The smallest absolute Gasteiger partial charge is 0.835 e. The molecular formula is C10H13KO2Si. The molecule has 1 saturated heterocycles. The molecule has 14 heavy (non-hydrogen) atoms. The second kappa shape index (κ2) is 5.91. The minimum Gasteiger partial charge on any atom is -0.835 e. The van der Waals surface area contributed by atoms with Crippen LogP contribution in [-0.2, 0) is 4.43 Å². The van der Waals surface area contributed by atoms with Gasteiger partial charge in [-0.3, -0.25) is 0 Å². The van der Waals surface area contributed by atoms with Gasteiger partial charge in [0.25, 0.3) is 0 Å². The molecule has 0 bridgehead atoms. The average molecular weight is 232 g/mol. The van der Waals surface area contributed by atoms with Crippen LogP contribution in [0.4, 0.5) is 0 Å². The Morgan fingerprint density at radius 3 is 2.43 bits per heavy atom. The van der Waals surface area contributed by atoms with Crippen molar-refractivity contribution in [3.63, 3.8) is 0 Å². The van der Waals surface area contributed by atoms with E-state index in [0.717, 1.165) is 24.1 Å². The first-order valence-electron chi connectivity index (χ1n) is 4.71. The molecule has 0 radical (unpaired) electrons. The summed E-state index contributed by atoms with van der Waals surface area (Å²) in [4.78, 5) is 12.2. The van der Waals surface area contributed by atoms with Crippen molar-refractivity contribution in [1.29, 1.82) is 0 Å². The van der Waals surface area contributed by atoms with Gasteiger partial charge in [0.15, 0.2) is 0 Å². The van der Waals surface area contributed by atoms with Gasteiger partial charge in [-0.15, -0.1) is 0 Å². The zero-order chi connectivity index (χ0) is 9.15. The molecule has 0 spiro atoms. The van der Waals surface area contributed by atoms with Gasteiger partial charge in [-0.05, 0) is 17.7 Å². The van der Waals surface area contributed by atoms with E-state index in [2.05, 4.69) is 0 Å².